The molecule has 8 heteroatoms. The monoisotopic (exact) mass is 336 g/mol. The van der Waals surface area contributed by atoms with Gasteiger partial charge in [0.25, 0.3) is 0 Å². The lowest BCUT2D eigenvalue weighted by Crippen LogP contribution is -2.39. The summed E-state index contributed by atoms with van der Waals surface area (Å²) in [6.45, 7) is 4.99. The van der Waals surface area contributed by atoms with Gasteiger partial charge in [0.1, 0.15) is 5.82 Å². The van der Waals surface area contributed by atoms with E-state index in [1.807, 2.05) is 6.92 Å². The molecule has 22 heavy (non-hydrogen) atoms. The van der Waals surface area contributed by atoms with Crippen LogP contribution in [0, 0.1) is 6.92 Å². The molecule has 4 heterocycles. The van der Waals surface area contributed by atoms with E-state index < -0.39 is 0 Å². The predicted molar refractivity (Wildman–Crippen MR) is 85.8 cm³/mol. The van der Waals surface area contributed by atoms with Crippen molar-refractivity contribution in [1.82, 2.24) is 19.5 Å². The molecule has 0 aliphatic carbocycles. The number of morpholine rings is 1. The quantitative estimate of drug-likeness (QED) is 0.795. The van der Waals surface area contributed by atoms with E-state index >= 15 is 0 Å². The molecule has 3 aromatic rings. The fourth-order valence-corrected chi connectivity index (χ4v) is 4.66. The number of thiazole rings is 1. The summed E-state index contributed by atoms with van der Waals surface area (Å²) in [5.74, 6) is 0.870. The second-order valence-corrected chi connectivity index (χ2v) is 7.04. The maximum absolute atomic E-state index is 10.6. The van der Waals surface area contributed by atoms with Crippen molar-refractivity contribution in [1.29, 1.82) is 0 Å². The number of aromatic hydroxyl groups is 1. The van der Waals surface area contributed by atoms with E-state index in [0.29, 0.717) is 5.82 Å². The van der Waals surface area contributed by atoms with Crippen LogP contribution in [0.4, 0.5) is 0 Å². The fraction of sp³-hybridized carbons (Fsp3) is 0.429. The SMILES string of the molecule is Cc1nc2sc([C@@H](c3ccsc3)N3CCOCC3)c(O)n2n1. The molecule has 3 aromatic heterocycles. The molecule has 0 aromatic carbocycles. The van der Waals surface area contributed by atoms with Gasteiger partial charge in [-0.1, -0.05) is 11.3 Å². The Labute approximate surface area is 135 Å². The van der Waals surface area contributed by atoms with Crippen LogP contribution in [0.3, 0.4) is 0 Å². The second kappa shape index (κ2) is 5.62. The number of nitrogens with zero attached hydrogens (tertiary/aromatic N) is 4. The van der Waals surface area contributed by atoms with Crippen LogP contribution in [0.5, 0.6) is 5.88 Å². The number of hydrogen-bond acceptors (Lipinski definition) is 7. The van der Waals surface area contributed by atoms with Gasteiger partial charge in [0.05, 0.1) is 24.1 Å². The molecule has 1 aliphatic rings. The van der Waals surface area contributed by atoms with Gasteiger partial charge in [-0.3, -0.25) is 4.90 Å². The molecule has 116 valence electrons. The van der Waals surface area contributed by atoms with Gasteiger partial charge in [-0.05, 0) is 29.3 Å². The summed E-state index contributed by atoms with van der Waals surface area (Å²) in [6, 6.07) is 2.15. The first kappa shape index (κ1) is 14.1. The van der Waals surface area contributed by atoms with Crippen molar-refractivity contribution in [2.45, 2.75) is 13.0 Å². The zero-order valence-electron chi connectivity index (χ0n) is 12.1. The molecule has 1 aliphatic heterocycles. The van der Waals surface area contributed by atoms with E-state index in [1.165, 1.54) is 21.4 Å². The van der Waals surface area contributed by atoms with Gasteiger partial charge in [-0.25, -0.2) is 4.98 Å². The van der Waals surface area contributed by atoms with Crippen LogP contribution in [-0.2, 0) is 4.74 Å². The third-order valence-electron chi connectivity index (χ3n) is 3.82. The molecular weight excluding hydrogens is 320 g/mol. The van der Waals surface area contributed by atoms with Gasteiger partial charge in [0, 0.05) is 13.1 Å². The van der Waals surface area contributed by atoms with Gasteiger partial charge in [-0.15, -0.1) is 5.10 Å². The highest BCUT2D eigenvalue weighted by molar-refractivity contribution is 7.17. The Balaban J connectivity index is 1.81. The first-order valence-corrected chi connectivity index (χ1v) is 8.89. The average molecular weight is 336 g/mol. The van der Waals surface area contributed by atoms with Crippen molar-refractivity contribution < 1.29 is 9.84 Å². The molecule has 0 radical (unpaired) electrons. The predicted octanol–water partition coefficient (Wildman–Crippen LogP) is 2.29. The maximum Gasteiger partial charge on any atom is 0.230 e. The van der Waals surface area contributed by atoms with E-state index in [0.717, 1.165) is 36.1 Å². The van der Waals surface area contributed by atoms with E-state index in [4.69, 9.17) is 4.74 Å². The van der Waals surface area contributed by atoms with E-state index in [2.05, 4.69) is 31.8 Å². The zero-order chi connectivity index (χ0) is 15.1. The minimum atomic E-state index is 0.0314. The zero-order valence-corrected chi connectivity index (χ0v) is 13.7. The van der Waals surface area contributed by atoms with Crippen LogP contribution >= 0.6 is 22.7 Å². The molecule has 1 N–H and O–H groups in total. The topological polar surface area (TPSA) is 62.9 Å². The summed E-state index contributed by atoms with van der Waals surface area (Å²) in [4.78, 5) is 8.36. The molecule has 0 saturated carbocycles. The van der Waals surface area contributed by atoms with Crippen molar-refractivity contribution in [2.24, 2.45) is 0 Å². The Morgan fingerprint density at radius 3 is 2.86 bits per heavy atom. The molecule has 0 bridgehead atoms. The lowest BCUT2D eigenvalue weighted by Gasteiger charge is -2.33. The van der Waals surface area contributed by atoms with E-state index in [-0.39, 0.29) is 11.9 Å². The molecular formula is C14H16N4O2S2. The van der Waals surface area contributed by atoms with Crippen LogP contribution < -0.4 is 0 Å². The normalized spacial score (nSPS) is 18.0. The Hall–Kier alpha value is -1.48. The number of thiophene rings is 1. The molecule has 4 rings (SSSR count). The number of fused-ring (bicyclic) bond motifs is 1. The van der Waals surface area contributed by atoms with Crippen molar-refractivity contribution in [3.8, 4) is 5.88 Å². The Bertz CT molecular complexity index is 774. The summed E-state index contributed by atoms with van der Waals surface area (Å²) in [6.07, 6.45) is 0. The van der Waals surface area contributed by atoms with Crippen LogP contribution in [0.1, 0.15) is 22.3 Å². The number of hydrogen-bond donors (Lipinski definition) is 1. The van der Waals surface area contributed by atoms with E-state index in [1.54, 1.807) is 11.3 Å². The largest absolute Gasteiger partial charge is 0.492 e. The summed E-state index contributed by atoms with van der Waals surface area (Å²) < 4.78 is 7.00. The van der Waals surface area contributed by atoms with Crippen LogP contribution in [0.15, 0.2) is 16.8 Å². The smallest absolute Gasteiger partial charge is 0.230 e. The average Bonchev–Trinajstić information content (AvgIpc) is 3.22. The molecule has 1 atom stereocenters. The van der Waals surface area contributed by atoms with Crippen LogP contribution in [-0.4, -0.2) is 50.9 Å². The van der Waals surface area contributed by atoms with Gasteiger partial charge in [-0.2, -0.15) is 15.9 Å². The first-order chi connectivity index (χ1) is 10.7. The maximum atomic E-state index is 10.6. The lowest BCUT2D eigenvalue weighted by molar-refractivity contribution is 0.0242. The van der Waals surface area contributed by atoms with Crippen molar-refractivity contribution in [2.75, 3.05) is 26.3 Å². The fourth-order valence-electron chi connectivity index (χ4n) is 2.82. The summed E-state index contributed by atoms with van der Waals surface area (Å²) >= 11 is 3.18. The summed E-state index contributed by atoms with van der Waals surface area (Å²) in [5, 5.41) is 19.1. The molecule has 0 spiro atoms. The highest BCUT2D eigenvalue weighted by Gasteiger charge is 2.30. The Kier molecular flexibility index (Phi) is 3.61. The molecule has 0 amide bonds. The number of aryl methyl sites for hydroxylation is 1. The van der Waals surface area contributed by atoms with Crippen LogP contribution in [0.25, 0.3) is 4.96 Å². The summed E-state index contributed by atoms with van der Waals surface area (Å²) in [7, 11) is 0. The Morgan fingerprint density at radius 1 is 1.36 bits per heavy atom. The number of rotatable bonds is 3. The van der Waals surface area contributed by atoms with Crippen molar-refractivity contribution >= 4 is 27.6 Å². The molecule has 0 unspecified atom stereocenters. The van der Waals surface area contributed by atoms with Crippen molar-refractivity contribution in [3.05, 3.63) is 33.1 Å². The number of aromatic nitrogens is 3. The van der Waals surface area contributed by atoms with Gasteiger partial charge in [0.15, 0.2) is 0 Å². The molecule has 1 fully saturated rings. The van der Waals surface area contributed by atoms with E-state index in [9.17, 15) is 5.11 Å². The highest BCUT2D eigenvalue weighted by atomic mass is 32.1. The highest BCUT2D eigenvalue weighted by Crippen LogP contribution is 2.40. The molecule has 6 nitrogen and oxygen atoms in total. The lowest BCUT2D eigenvalue weighted by atomic mass is 10.1. The van der Waals surface area contributed by atoms with Gasteiger partial charge in [0.2, 0.25) is 10.8 Å². The Morgan fingerprint density at radius 2 is 2.18 bits per heavy atom. The first-order valence-electron chi connectivity index (χ1n) is 7.13. The third kappa shape index (κ3) is 2.32. The minimum absolute atomic E-state index is 0.0314. The molecule has 1 saturated heterocycles. The van der Waals surface area contributed by atoms with Crippen molar-refractivity contribution in [3.63, 3.8) is 0 Å². The minimum Gasteiger partial charge on any atom is -0.492 e. The summed E-state index contributed by atoms with van der Waals surface area (Å²) in [5.41, 5.74) is 1.20. The van der Waals surface area contributed by atoms with Gasteiger partial charge >= 0.3 is 0 Å². The third-order valence-corrected chi connectivity index (χ3v) is 5.60. The van der Waals surface area contributed by atoms with Gasteiger partial charge < -0.3 is 9.84 Å². The standard InChI is InChI=1S/C14H16N4O2S2/c1-9-15-14-18(16-9)13(19)12(22-14)11(10-2-7-21-8-10)17-3-5-20-6-4-17/h2,7-8,11,19H,3-6H2,1H3/t11-/m1/s1. The van der Waals surface area contributed by atoms with Crippen LogP contribution in [0.2, 0.25) is 0 Å². The second-order valence-electron chi connectivity index (χ2n) is 5.25. The number of ether oxygens (including phenoxy) is 1.